The van der Waals surface area contributed by atoms with Crippen LogP contribution in [0.15, 0.2) is 103 Å². The Morgan fingerprint density at radius 3 is 1.42 bits per heavy atom. The van der Waals surface area contributed by atoms with Crippen LogP contribution in [0.1, 0.15) is 5.56 Å². The molecular weight excluding hydrogens is 312 g/mol. The molecule has 0 aromatic heterocycles. The Bertz CT molecular complexity index is 1010. The second kappa shape index (κ2) is 7.25. The molecule has 0 N–H and O–H groups in total. The van der Waals surface area contributed by atoms with Gasteiger partial charge in [0.15, 0.2) is 0 Å². The average molecular weight is 331 g/mol. The van der Waals surface area contributed by atoms with Gasteiger partial charge in [0, 0.05) is 0 Å². The van der Waals surface area contributed by atoms with Gasteiger partial charge >= 0.3 is 0 Å². The lowest BCUT2D eigenvalue weighted by Gasteiger charge is -2.19. The smallest absolute Gasteiger partial charge is 0.00208 e. The molecule has 0 aliphatic rings. The van der Waals surface area contributed by atoms with Gasteiger partial charge < -0.3 is 0 Å². The molecule has 4 aromatic carbocycles. The minimum Gasteiger partial charge on any atom is -0.0622 e. The van der Waals surface area contributed by atoms with E-state index in [1.54, 1.807) is 6.08 Å². The normalized spacial score (nSPS) is 10.5. The van der Waals surface area contributed by atoms with Crippen molar-refractivity contribution in [2.75, 3.05) is 0 Å². The zero-order chi connectivity index (χ0) is 17.8. The summed E-state index contributed by atoms with van der Waals surface area (Å²) < 4.78 is 0. The first-order valence-corrected chi connectivity index (χ1v) is 8.76. The summed E-state index contributed by atoms with van der Waals surface area (Å²) in [5, 5.41) is 0. The van der Waals surface area contributed by atoms with Gasteiger partial charge in [0.2, 0.25) is 0 Å². The lowest BCUT2D eigenvalue weighted by atomic mass is 9.85. The first-order valence-electron chi connectivity index (χ1n) is 8.76. The van der Waals surface area contributed by atoms with E-state index in [1.165, 1.54) is 33.4 Å². The van der Waals surface area contributed by atoms with Gasteiger partial charge in [-0.25, -0.2) is 0 Å². The van der Waals surface area contributed by atoms with Crippen molar-refractivity contribution < 1.29 is 0 Å². The molecule has 1 radical (unpaired) electrons. The van der Waals surface area contributed by atoms with Crippen molar-refractivity contribution in [1.29, 1.82) is 0 Å². The summed E-state index contributed by atoms with van der Waals surface area (Å²) in [6.45, 7) is 6.00. The Kier molecular flexibility index (Phi) is 4.49. The Hall–Kier alpha value is -3.38. The molecule has 0 aliphatic heterocycles. The Balaban J connectivity index is 2.11. The van der Waals surface area contributed by atoms with E-state index >= 15 is 0 Å². The minimum absolute atomic E-state index is 1.04. The second-order valence-corrected chi connectivity index (χ2v) is 6.22. The summed E-state index contributed by atoms with van der Waals surface area (Å²) in [6.07, 6.45) is 1.70. The van der Waals surface area contributed by atoms with E-state index in [2.05, 4.69) is 84.9 Å². The molecule has 4 aromatic rings. The van der Waals surface area contributed by atoms with Gasteiger partial charge in [-0.1, -0.05) is 116 Å². The van der Waals surface area contributed by atoms with Gasteiger partial charge in [-0.15, -0.1) is 0 Å². The molecule has 0 aliphatic carbocycles. The zero-order valence-electron chi connectivity index (χ0n) is 14.5. The van der Waals surface area contributed by atoms with Gasteiger partial charge in [-0.05, 0) is 38.9 Å². The molecular formula is C26H19. The van der Waals surface area contributed by atoms with Gasteiger partial charge in [-0.2, -0.15) is 0 Å². The summed E-state index contributed by atoms with van der Waals surface area (Å²) in [5.41, 5.74) is 8.18. The van der Waals surface area contributed by atoms with Crippen molar-refractivity contribution in [3.63, 3.8) is 0 Å². The zero-order valence-corrected chi connectivity index (χ0v) is 14.5. The van der Waals surface area contributed by atoms with Crippen LogP contribution in [0, 0.1) is 6.58 Å². The lowest BCUT2D eigenvalue weighted by molar-refractivity contribution is 1.54. The number of benzene rings is 4. The third-order valence-corrected chi connectivity index (χ3v) is 4.63. The summed E-state index contributed by atoms with van der Waals surface area (Å²) >= 11 is 0. The molecule has 0 bridgehead atoms. The van der Waals surface area contributed by atoms with E-state index in [9.17, 15) is 0 Å². The van der Waals surface area contributed by atoms with E-state index < -0.39 is 0 Å². The molecule has 0 amide bonds. The SMILES string of the molecule is [CH]=Cc1ccc(-c2ccccc2)c(-c2ccccc2)c1-c1ccccc1. The maximum absolute atomic E-state index is 6.00. The molecule has 0 heteroatoms. The fourth-order valence-electron chi connectivity index (χ4n) is 3.44. The highest BCUT2D eigenvalue weighted by atomic mass is 14.2. The fourth-order valence-corrected chi connectivity index (χ4v) is 3.44. The number of hydrogen-bond donors (Lipinski definition) is 0. The third-order valence-electron chi connectivity index (χ3n) is 4.63. The quantitative estimate of drug-likeness (QED) is 0.373. The number of rotatable bonds is 4. The minimum atomic E-state index is 1.04. The predicted octanol–water partition coefficient (Wildman–Crippen LogP) is 7.13. The van der Waals surface area contributed by atoms with Crippen molar-refractivity contribution in [2.24, 2.45) is 0 Å². The highest BCUT2D eigenvalue weighted by Crippen LogP contribution is 2.42. The standard InChI is InChI=1S/C26H19/c1-2-20-18-19-24(21-12-6-3-7-13-21)26(23-16-10-5-11-17-23)25(20)22-14-8-4-9-15-22/h1-19H. The molecule has 4 rings (SSSR count). The Morgan fingerprint density at radius 1 is 0.462 bits per heavy atom. The van der Waals surface area contributed by atoms with Crippen LogP contribution in [0.5, 0.6) is 0 Å². The van der Waals surface area contributed by atoms with Crippen molar-refractivity contribution in [3.8, 4) is 33.4 Å². The van der Waals surface area contributed by atoms with E-state index in [0.29, 0.717) is 0 Å². The van der Waals surface area contributed by atoms with Gasteiger partial charge in [0.05, 0.1) is 0 Å². The molecule has 0 saturated heterocycles. The monoisotopic (exact) mass is 331 g/mol. The van der Waals surface area contributed by atoms with Crippen molar-refractivity contribution in [2.45, 2.75) is 0 Å². The van der Waals surface area contributed by atoms with Gasteiger partial charge in [0.25, 0.3) is 0 Å². The summed E-state index contributed by atoms with van der Waals surface area (Å²) in [6, 6.07) is 35.8. The Morgan fingerprint density at radius 2 is 0.923 bits per heavy atom. The summed E-state index contributed by atoms with van der Waals surface area (Å²) in [5.74, 6) is 0. The third kappa shape index (κ3) is 2.98. The van der Waals surface area contributed by atoms with Crippen LogP contribution in [0.3, 0.4) is 0 Å². The molecule has 0 atom stereocenters. The molecule has 0 nitrogen and oxygen atoms in total. The van der Waals surface area contributed by atoms with Crippen molar-refractivity contribution >= 4 is 6.08 Å². The molecule has 0 saturated carbocycles. The van der Waals surface area contributed by atoms with Gasteiger partial charge in [0.1, 0.15) is 0 Å². The molecule has 0 unspecified atom stereocenters. The molecule has 0 spiro atoms. The largest absolute Gasteiger partial charge is 0.0622 e. The molecule has 0 fully saturated rings. The van der Waals surface area contributed by atoms with Gasteiger partial charge in [-0.3, -0.25) is 0 Å². The molecule has 0 heterocycles. The highest BCUT2D eigenvalue weighted by molar-refractivity contribution is 5.98. The lowest BCUT2D eigenvalue weighted by Crippen LogP contribution is -1.93. The first-order chi connectivity index (χ1) is 12.9. The first kappa shape index (κ1) is 16.1. The summed E-state index contributed by atoms with van der Waals surface area (Å²) in [4.78, 5) is 0. The van der Waals surface area contributed by atoms with Crippen LogP contribution in [0.4, 0.5) is 0 Å². The van der Waals surface area contributed by atoms with E-state index in [4.69, 9.17) is 6.58 Å². The number of hydrogen-bond acceptors (Lipinski definition) is 0. The fraction of sp³-hybridized carbons (Fsp3) is 0. The molecule has 26 heavy (non-hydrogen) atoms. The van der Waals surface area contributed by atoms with Crippen LogP contribution in [-0.2, 0) is 0 Å². The van der Waals surface area contributed by atoms with Crippen LogP contribution in [0.25, 0.3) is 39.5 Å². The Labute approximate surface area is 155 Å². The van der Waals surface area contributed by atoms with Crippen molar-refractivity contribution in [3.05, 3.63) is 115 Å². The maximum Gasteiger partial charge on any atom is -0.00208 e. The molecule has 123 valence electrons. The van der Waals surface area contributed by atoms with Crippen LogP contribution in [-0.4, -0.2) is 0 Å². The van der Waals surface area contributed by atoms with Crippen LogP contribution < -0.4 is 0 Å². The highest BCUT2D eigenvalue weighted by Gasteiger charge is 2.16. The average Bonchev–Trinajstić information content (AvgIpc) is 2.74. The van der Waals surface area contributed by atoms with E-state index in [-0.39, 0.29) is 0 Å². The maximum atomic E-state index is 6.00. The topological polar surface area (TPSA) is 0 Å². The van der Waals surface area contributed by atoms with Crippen LogP contribution >= 0.6 is 0 Å². The summed E-state index contributed by atoms with van der Waals surface area (Å²) in [7, 11) is 0. The van der Waals surface area contributed by atoms with E-state index in [1.807, 2.05) is 18.2 Å². The van der Waals surface area contributed by atoms with Crippen LogP contribution in [0.2, 0.25) is 0 Å². The van der Waals surface area contributed by atoms with Crippen molar-refractivity contribution in [1.82, 2.24) is 0 Å². The predicted molar refractivity (Wildman–Crippen MR) is 112 cm³/mol. The second-order valence-electron chi connectivity index (χ2n) is 6.22. The van der Waals surface area contributed by atoms with E-state index in [0.717, 1.165) is 5.56 Å².